The zero-order valence-corrected chi connectivity index (χ0v) is 22.0. The molecule has 1 amide bonds. The van der Waals surface area contributed by atoms with Gasteiger partial charge in [-0.1, -0.05) is 6.07 Å². The van der Waals surface area contributed by atoms with Gasteiger partial charge in [0.15, 0.2) is 5.82 Å². The number of likely N-dealkylation sites (tertiary alicyclic amines) is 2. The number of aryl methyl sites for hydroxylation is 1. The molecule has 0 bridgehead atoms. The van der Waals surface area contributed by atoms with Gasteiger partial charge in [-0.15, -0.1) is 5.10 Å². The molecule has 0 saturated carbocycles. The highest BCUT2D eigenvalue weighted by atomic mass is 32.2. The van der Waals surface area contributed by atoms with Crippen molar-refractivity contribution in [1.82, 2.24) is 19.6 Å². The summed E-state index contributed by atoms with van der Waals surface area (Å²) in [7, 11) is -3.44. The fourth-order valence-corrected chi connectivity index (χ4v) is 6.39. The number of anilines is 2. The smallest absolute Gasteiger partial charge is 0.344 e. The van der Waals surface area contributed by atoms with Gasteiger partial charge in [-0.05, 0) is 62.4 Å². The zero-order chi connectivity index (χ0) is 25.3. The van der Waals surface area contributed by atoms with Gasteiger partial charge in [0, 0.05) is 56.2 Å². The van der Waals surface area contributed by atoms with Crippen molar-refractivity contribution in [3.05, 3.63) is 41.6 Å². The highest BCUT2D eigenvalue weighted by Gasteiger charge is 2.43. The van der Waals surface area contributed by atoms with Gasteiger partial charge < -0.3 is 14.5 Å². The third-order valence-electron chi connectivity index (χ3n) is 7.65. The summed E-state index contributed by atoms with van der Waals surface area (Å²) in [5.41, 5.74) is 4.03. The summed E-state index contributed by atoms with van der Waals surface area (Å²) in [5, 5.41) is 4.10. The lowest BCUT2D eigenvalue weighted by Crippen LogP contribution is -2.53. The topological polar surface area (TPSA) is 100 Å². The number of aromatic nitrogens is 2. The third kappa shape index (κ3) is 5.52. The first-order chi connectivity index (χ1) is 17.2. The highest BCUT2D eigenvalue weighted by Crippen LogP contribution is 2.40. The number of morpholine rings is 1. The minimum absolute atomic E-state index is 0.118. The average molecular weight is 517 g/mol. The summed E-state index contributed by atoms with van der Waals surface area (Å²) in [4.78, 5) is 19.9. The Labute approximate surface area is 213 Å². The summed E-state index contributed by atoms with van der Waals surface area (Å²) < 4.78 is 31.9. The van der Waals surface area contributed by atoms with Crippen molar-refractivity contribution < 1.29 is 17.9 Å². The first-order valence-electron chi connectivity index (χ1n) is 12.7. The number of rotatable bonds is 5. The Bertz CT molecular complexity index is 1200. The number of sulfonamides is 1. The molecule has 0 aliphatic carbocycles. The van der Waals surface area contributed by atoms with E-state index in [1.54, 1.807) is 0 Å². The van der Waals surface area contributed by atoms with Gasteiger partial charge in [0.1, 0.15) is 0 Å². The van der Waals surface area contributed by atoms with Gasteiger partial charge in [0.25, 0.3) is 0 Å². The van der Waals surface area contributed by atoms with Crippen LogP contribution in [0.5, 0.6) is 0 Å². The normalized spacial score (nSPS) is 20.7. The van der Waals surface area contributed by atoms with Gasteiger partial charge in [0.2, 0.25) is 10.0 Å². The van der Waals surface area contributed by atoms with Crippen LogP contribution in [0.3, 0.4) is 0 Å². The summed E-state index contributed by atoms with van der Waals surface area (Å²) in [6, 6.07) is 8.18. The van der Waals surface area contributed by atoms with E-state index >= 15 is 0 Å². The first-order valence-corrected chi connectivity index (χ1v) is 14.6. The molecule has 1 N–H and O–H groups in total. The first kappa shape index (κ1) is 25.0. The molecule has 1 aromatic carbocycles. The molecular formula is C25H36N6O4S. The standard InChI is InChI=1S/C25H36N6O4S/c1-20-16-21(18-22(17-20)28-12-14-35-15-13-28)19-30-8-3-5-25(30)6-10-29(11-7-25)24(32)31-9-4-23(26-31)27-36(2,33)34/h4,9,16-18H,3,5-8,10-15,19H2,1-2H3,(H,26,27). The Kier molecular flexibility index (Phi) is 6.97. The molecule has 196 valence electrons. The van der Waals surface area contributed by atoms with Crippen LogP contribution in [0.1, 0.15) is 36.8 Å². The summed E-state index contributed by atoms with van der Waals surface area (Å²) in [5.74, 6) is 0.149. The molecule has 0 radical (unpaired) electrons. The SMILES string of the molecule is Cc1cc(CN2CCCC23CCN(C(=O)n2ccc(NS(C)(=O)=O)n2)CC3)cc(N2CCOCC2)c1. The molecule has 10 nitrogen and oxygen atoms in total. The molecule has 2 aromatic rings. The van der Waals surface area contributed by atoms with Crippen LogP contribution in [-0.2, 0) is 21.3 Å². The van der Waals surface area contributed by atoms with Crippen LogP contribution in [0.4, 0.5) is 16.3 Å². The number of benzene rings is 1. The van der Waals surface area contributed by atoms with Crippen LogP contribution in [0.2, 0.25) is 0 Å². The van der Waals surface area contributed by atoms with Gasteiger partial charge in [-0.3, -0.25) is 9.62 Å². The second-order valence-corrected chi connectivity index (χ2v) is 12.1. The van der Waals surface area contributed by atoms with Gasteiger partial charge in [-0.25, -0.2) is 13.2 Å². The van der Waals surface area contributed by atoms with E-state index in [0.717, 1.165) is 64.9 Å². The van der Waals surface area contributed by atoms with Crippen LogP contribution in [0.25, 0.3) is 0 Å². The number of nitrogens with zero attached hydrogens (tertiary/aromatic N) is 5. The van der Waals surface area contributed by atoms with E-state index in [1.165, 1.54) is 40.2 Å². The maximum absolute atomic E-state index is 13.0. The number of nitrogens with one attached hydrogen (secondary N) is 1. The van der Waals surface area contributed by atoms with Crippen LogP contribution >= 0.6 is 0 Å². The van der Waals surface area contributed by atoms with Gasteiger partial charge >= 0.3 is 6.03 Å². The molecule has 0 atom stereocenters. The second-order valence-electron chi connectivity index (χ2n) is 10.3. The largest absolute Gasteiger partial charge is 0.378 e. The van der Waals surface area contributed by atoms with Crippen LogP contribution in [0, 0.1) is 6.92 Å². The van der Waals surface area contributed by atoms with Crippen molar-refractivity contribution in [2.24, 2.45) is 0 Å². The van der Waals surface area contributed by atoms with Crippen molar-refractivity contribution >= 4 is 27.6 Å². The van der Waals surface area contributed by atoms with E-state index in [2.05, 4.69) is 44.7 Å². The third-order valence-corrected chi connectivity index (χ3v) is 8.23. The Hall–Kier alpha value is -2.63. The predicted molar refractivity (Wildman–Crippen MR) is 139 cm³/mol. The van der Waals surface area contributed by atoms with Crippen molar-refractivity contribution in [2.45, 2.75) is 44.7 Å². The zero-order valence-electron chi connectivity index (χ0n) is 21.1. The summed E-state index contributed by atoms with van der Waals surface area (Å²) >= 11 is 0. The number of carbonyl (C=O) groups excluding carboxylic acids is 1. The van der Waals surface area contributed by atoms with Gasteiger partial charge in [0.05, 0.1) is 19.5 Å². The van der Waals surface area contributed by atoms with Crippen molar-refractivity contribution in [2.75, 3.05) is 61.8 Å². The highest BCUT2D eigenvalue weighted by molar-refractivity contribution is 7.92. The summed E-state index contributed by atoms with van der Waals surface area (Å²) in [6.45, 7) is 8.92. The molecule has 5 rings (SSSR count). The van der Waals surface area contributed by atoms with Gasteiger partial charge in [-0.2, -0.15) is 4.68 Å². The fourth-order valence-electron chi connectivity index (χ4n) is 5.90. The lowest BCUT2D eigenvalue weighted by atomic mass is 9.84. The fraction of sp³-hybridized carbons (Fsp3) is 0.600. The van der Waals surface area contributed by atoms with E-state index in [4.69, 9.17) is 4.74 Å². The lowest BCUT2D eigenvalue weighted by molar-refractivity contribution is 0.0585. The molecule has 11 heteroatoms. The summed E-state index contributed by atoms with van der Waals surface area (Å²) in [6.07, 6.45) is 6.75. The molecule has 3 saturated heterocycles. The number of carbonyl (C=O) groups is 1. The Balaban J connectivity index is 1.23. The lowest BCUT2D eigenvalue weighted by Gasteiger charge is -2.45. The molecule has 4 heterocycles. The molecule has 36 heavy (non-hydrogen) atoms. The van der Waals surface area contributed by atoms with E-state index < -0.39 is 10.0 Å². The number of amides is 1. The monoisotopic (exact) mass is 516 g/mol. The minimum atomic E-state index is -3.44. The molecule has 1 aromatic heterocycles. The Morgan fingerprint density at radius 3 is 2.56 bits per heavy atom. The molecule has 3 aliphatic rings. The quantitative estimate of drug-likeness (QED) is 0.652. The molecule has 3 fully saturated rings. The Morgan fingerprint density at radius 2 is 1.83 bits per heavy atom. The number of ether oxygens (including phenoxy) is 1. The number of piperidine rings is 1. The molecule has 0 unspecified atom stereocenters. The van der Waals surface area contributed by atoms with Crippen molar-refractivity contribution in [3.8, 4) is 0 Å². The molecular weight excluding hydrogens is 480 g/mol. The van der Waals surface area contributed by atoms with Crippen LogP contribution < -0.4 is 9.62 Å². The van der Waals surface area contributed by atoms with Crippen molar-refractivity contribution in [3.63, 3.8) is 0 Å². The van der Waals surface area contributed by atoms with Crippen LogP contribution in [-0.4, -0.2) is 91.8 Å². The minimum Gasteiger partial charge on any atom is -0.378 e. The maximum Gasteiger partial charge on any atom is 0.344 e. The van der Waals surface area contributed by atoms with E-state index in [0.29, 0.717) is 13.1 Å². The average Bonchev–Trinajstić information content (AvgIpc) is 3.45. The molecule has 3 aliphatic heterocycles. The van der Waals surface area contributed by atoms with E-state index in [9.17, 15) is 13.2 Å². The number of hydrogen-bond donors (Lipinski definition) is 1. The Morgan fingerprint density at radius 1 is 1.08 bits per heavy atom. The second kappa shape index (κ2) is 10.0. The van der Waals surface area contributed by atoms with E-state index in [-0.39, 0.29) is 17.4 Å². The number of hydrogen-bond acceptors (Lipinski definition) is 7. The maximum atomic E-state index is 13.0. The molecule has 1 spiro atoms. The predicted octanol–water partition coefficient (Wildman–Crippen LogP) is 2.50. The van der Waals surface area contributed by atoms with E-state index in [1.807, 2.05) is 4.90 Å². The van der Waals surface area contributed by atoms with Crippen LogP contribution in [0.15, 0.2) is 30.5 Å². The van der Waals surface area contributed by atoms with Crippen molar-refractivity contribution in [1.29, 1.82) is 0 Å².